The number of nitrogens with one attached hydrogen (secondary N) is 1. The van der Waals surface area contributed by atoms with Crippen LogP contribution in [0.2, 0.25) is 10.0 Å². The molecule has 0 radical (unpaired) electrons. The molecule has 20 heavy (non-hydrogen) atoms. The molecular weight excluding hydrogens is 303 g/mol. The number of carbonyl (C=O) groups excluding carboxylic acids is 1. The lowest BCUT2D eigenvalue weighted by Gasteiger charge is -2.34. The van der Waals surface area contributed by atoms with E-state index in [-0.39, 0.29) is 18.7 Å². The first-order valence-electron chi connectivity index (χ1n) is 6.25. The van der Waals surface area contributed by atoms with Crippen molar-refractivity contribution in [1.29, 1.82) is 0 Å². The number of ether oxygens (including phenoxy) is 1. The molecule has 1 aromatic carbocycles. The first-order valence-corrected chi connectivity index (χ1v) is 7.01. The molecule has 0 aromatic heterocycles. The number of carbonyl (C=O) groups is 1. The second-order valence-electron chi connectivity index (χ2n) is 4.57. The maximum absolute atomic E-state index is 12.2. The van der Waals surface area contributed by atoms with Gasteiger partial charge in [0.25, 0.3) is 0 Å². The average Bonchev–Trinajstić information content (AvgIpc) is 2.47. The highest BCUT2D eigenvalue weighted by molar-refractivity contribution is 6.38. The quantitative estimate of drug-likeness (QED) is 0.880. The van der Waals surface area contributed by atoms with E-state index < -0.39 is 0 Å². The minimum Gasteiger partial charge on any atom is -0.394 e. The van der Waals surface area contributed by atoms with E-state index >= 15 is 0 Å². The number of rotatable bonds is 2. The summed E-state index contributed by atoms with van der Waals surface area (Å²) in [6, 6.07) is 2.69. The van der Waals surface area contributed by atoms with Gasteiger partial charge < -0.3 is 20.1 Å². The fraction of sp³-hybridized carbons (Fsp3) is 0.462. The number of halogens is 2. The zero-order chi connectivity index (χ0) is 14.7. The Kier molecular flexibility index (Phi) is 5.10. The molecule has 2 rings (SSSR count). The van der Waals surface area contributed by atoms with Crippen molar-refractivity contribution >= 4 is 34.9 Å². The molecule has 1 aliphatic rings. The van der Waals surface area contributed by atoms with Gasteiger partial charge in [0, 0.05) is 11.6 Å². The monoisotopic (exact) mass is 318 g/mol. The molecule has 1 heterocycles. The molecule has 2 amide bonds. The first kappa shape index (κ1) is 15.4. The Morgan fingerprint density at radius 3 is 3.00 bits per heavy atom. The summed E-state index contributed by atoms with van der Waals surface area (Å²) in [4.78, 5) is 13.8. The molecule has 0 unspecified atom stereocenters. The van der Waals surface area contributed by atoms with Crippen LogP contribution in [0.4, 0.5) is 10.5 Å². The summed E-state index contributed by atoms with van der Waals surface area (Å²) < 4.78 is 5.24. The molecule has 0 bridgehead atoms. The summed E-state index contributed by atoms with van der Waals surface area (Å²) in [5.41, 5.74) is 1.22. The number of nitrogens with zero attached hydrogens (tertiary/aromatic N) is 1. The topological polar surface area (TPSA) is 61.8 Å². The van der Waals surface area contributed by atoms with Crippen molar-refractivity contribution in [3.63, 3.8) is 0 Å². The van der Waals surface area contributed by atoms with Crippen molar-refractivity contribution in [3.8, 4) is 0 Å². The second-order valence-corrected chi connectivity index (χ2v) is 5.35. The molecule has 1 aromatic rings. The van der Waals surface area contributed by atoms with Crippen LogP contribution >= 0.6 is 23.2 Å². The predicted octanol–water partition coefficient (Wildman–Crippen LogP) is 2.53. The van der Waals surface area contributed by atoms with Crippen molar-refractivity contribution < 1.29 is 14.6 Å². The molecule has 2 N–H and O–H groups in total. The highest BCUT2D eigenvalue weighted by atomic mass is 35.5. The summed E-state index contributed by atoms with van der Waals surface area (Å²) in [7, 11) is 0. The lowest BCUT2D eigenvalue weighted by Crippen LogP contribution is -2.52. The van der Waals surface area contributed by atoms with Crippen LogP contribution < -0.4 is 5.32 Å². The SMILES string of the molecule is Cc1c(Cl)ccc(NC(=O)N2CCOC[C@H]2CO)c1Cl. The summed E-state index contributed by atoms with van der Waals surface area (Å²) in [6.07, 6.45) is 0. The van der Waals surface area contributed by atoms with Gasteiger partial charge in [0.05, 0.1) is 36.6 Å². The highest BCUT2D eigenvalue weighted by Gasteiger charge is 2.27. The van der Waals surface area contributed by atoms with Crippen molar-refractivity contribution in [1.82, 2.24) is 4.90 Å². The van der Waals surface area contributed by atoms with Gasteiger partial charge in [-0.25, -0.2) is 4.79 Å². The molecule has 7 heteroatoms. The highest BCUT2D eigenvalue weighted by Crippen LogP contribution is 2.31. The van der Waals surface area contributed by atoms with Crippen LogP contribution in [0.1, 0.15) is 5.56 Å². The number of hydrogen-bond donors (Lipinski definition) is 2. The van der Waals surface area contributed by atoms with Crippen LogP contribution in [0, 0.1) is 6.92 Å². The Morgan fingerprint density at radius 1 is 1.55 bits per heavy atom. The summed E-state index contributed by atoms with van der Waals surface area (Å²) in [5, 5.41) is 13.0. The van der Waals surface area contributed by atoms with E-state index in [2.05, 4.69) is 5.32 Å². The van der Waals surface area contributed by atoms with Crippen molar-refractivity contribution in [2.45, 2.75) is 13.0 Å². The van der Waals surface area contributed by atoms with Gasteiger partial charge in [-0.2, -0.15) is 0 Å². The number of benzene rings is 1. The van der Waals surface area contributed by atoms with Gasteiger partial charge >= 0.3 is 6.03 Å². The molecule has 5 nitrogen and oxygen atoms in total. The molecule has 0 spiro atoms. The van der Waals surface area contributed by atoms with E-state index in [0.29, 0.717) is 41.1 Å². The smallest absolute Gasteiger partial charge is 0.322 e. The third-order valence-corrected chi connectivity index (χ3v) is 4.16. The van der Waals surface area contributed by atoms with Crippen LogP contribution in [0.5, 0.6) is 0 Å². The van der Waals surface area contributed by atoms with Crippen LogP contribution in [0.25, 0.3) is 0 Å². The molecule has 110 valence electrons. The zero-order valence-electron chi connectivity index (χ0n) is 11.0. The molecule has 1 aliphatic heterocycles. The molecule has 1 saturated heterocycles. The van der Waals surface area contributed by atoms with E-state index in [1.807, 2.05) is 0 Å². The maximum atomic E-state index is 12.2. The standard InChI is InChI=1S/C13H16Cl2N2O3/c1-8-10(14)2-3-11(12(8)15)16-13(19)17-4-5-20-7-9(17)6-18/h2-3,9,18H,4-7H2,1H3,(H,16,19)/t9-/m1/s1. The molecule has 0 aliphatic carbocycles. The Balaban J connectivity index is 2.13. The normalized spacial score (nSPS) is 19.0. The lowest BCUT2D eigenvalue weighted by molar-refractivity contribution is -0.00485. The van der Waals surface area contributed by atoms with Gasteiger partial charge in [0.2, 0.25) is 0 Å². The van der Waals surface area contributed by atoms with Gasteiger partial charge in [-0.3, -0.25) is 0 Å². The van der Waals surface area contributed by atoms with E-state index in [1.165, 1.54) is 0 Å². The van der Waals surface area contributed by atoms with Crippen molar-refractivity contribution in [2.24, 2.45) is 0 Å². The minimum absolute atomic E-state index is 0.138. The third-order valence-electron chi connectivity index (χ3n) is 3.26. The fourth-order valence-corrected chi connectivity index (χ4v) is 2.44. The van der Waals surface area contributed by atoms with E-state index in [0.717, 1.165) is 0 Å². The number of hydrogen-bond acceptors (Lipinski definition) is 3. The molecule has 1 atom stereocenters. The predicted molar refractivity (Wildman–Crippen MR) is 78.6 cm³/mol. The largest absolute Gasteiger partial charge is 0.394 e. The summed E-state index contributed by atoms with van der Waals surface area (Å²) in [5.74, 6) is 0. The van der Waals surface area contributed by atoms with Gasteiger partial charge in [0.1, 0.15) is 0 Å². The van der Waals surface area contributed by atoms with Crippen molar-refractivity contribution in [2.75, 3.05) is 31.7 Å². The Morgan fingerprint density at radius 2 is 2.30 bits per heavy atom. The van der Waals surface area contributed by atoms with Crippen LogP contribution in [-0.4, -0.2) is 48.4 Å². The molecule has 0 saturated carbocycles. The van der Waals surface area contributed by atoms with Gasteiger partial charge in [-0.05, 0) is 24.6 Å². The van der Waals surface area contributed by atoms with Crippen LogP contribution in [-0.2, 0) is 4.74 Å². The van der Waals surface area contributed by atoms with Crippen LogP contribution in [0.15, 0.2) is 12.1 Å². The number of urea groups is 1. The number of aliphatic hydroxyl groups excluding tert-OH is 1. The lowest BCUT2D eigenvalue weighted by atomic mass is 10.2. The number of morpholine rings is 1. The van der Waals surface area contributed by atoms with E-state index in [1.54, 1.807) is 24.0 Å². The summed E-state index contributed by atoms with van der Waals surface area (Å²) in [6.45, 7) is 2.86. The van der Waals surface area contributed by atoms with Gasteiger partial charge in [-0.1, -0.05) is 23.2 Å². The Labute approximate surface area is 127 Å². The van der Waals surface area contributed by atoms with E-state index in [9.17, 15) is 9.90 Å². The minimum atomic E-state index is -0.337. The number of amides is 2. The Bertz CT molecular complexity index is 511. The first-order chi connectivity index (χ1) is 9.54. The zero-order valence-corrected chi connectivity index (χ0v) is 12.5. The number of aliphatic hydroxyl groups is 1. The summed E-state index contributed by atoms with van der Waals surface area (Å²) >= 11 is 12.1. The van der Waals surface area contributed by atoms with Crippen molar-refractivity contribution in [3.05, 3.63) is 27.7 Å². The maximum Gasteiger partial charge on any atom is 0.322 e. The average molecular weight is 319 g/mol. The fourth-order valence-electron chi connectivity index (χ4n) is 2.02. The van der Waals surface area contributed by atoms with Gasteiger partial charge in [0.15, 0.2) is 0 Å². The molecule has 1 fully saturated rings. The van der Waals surface area contributed by atoms with Crippen LogP contribution in [0.3, 0.4) is 0 Å². The molecular formula is C13H16Cl2N2O3. The Hall–Kier alpha value is -1.01. The van der Waals surface area contributed by atoms with Gasteiger partial charge in [-0.15, -0.1) is 0 Å². The third kappa shape index (κ3) is 3.17. The second kappa shape index (κ2) is 6.63. The van der Waals surface area contributed by atoms with E-state index in [4.69, 9.17) is 27.9 Å². The number of anilines is 1.